The zero-order valence-corrected chi connectivity index (χ0v) is 16.0. The Balaban J connectivity index is 1.89. The quantitative estimate of drug-likeness (QED) is 0.685. The summed E-state index contributed by atoms with van der Waals surface area (Å²) >= 11 is 7.60. The predicted octanol–water partition coefficient (Wildman–Crippen LogP) is 2.97. The molecule has 0 aliphatic carbocycles. The zero-order valence-electron chi connectivity index (χ0n) is 13.6. The minimum atomic E-state index is -3.24. The van der Waals surface area contributed by atoms with Crippen molar-refractivity contribution >= 4 is 48.9 Å². The van der Waals surface area contributed by atoms with Gasteiger partial charge in [0.1, 0.15) is 0 Å². The van der Waals surface area contributed by atoms with Gasteiger partial charge in [0.2, 0.25) is 0 Å². The molecule has 1 heterocycles. The number of amides is 1. The second-order valence-corrected chi connectivity index (χ2v) is 9.06. The molecule has 0 unspecified atom stereocenters. The van der Waals surface area contributed by atoms with Gasteiger partial charge >= 0.3 is 0 Å². The monoisotopic (exact) mass is 394 g/mol. The highest BCUT2D eigenvalue weighted by Gasteiger charge is 2.10. The molecule has 0 spiro atoms. The first kappa shape index (κ1) is 17.8. The number of hydrogen-bond donors (Lipinski definition) is 0. The number of sulfone groups is 1. The molecule has 8 heteroatoms. The average Bonchev–Trinajstić information content (AvgIpc) is 2.84. The van der Waals surface area contributed by atoms with Crippen LogP contribution in [0.2, 0.25) is 5.02 Å². The van der Waals surface area contributed by atoms with Crippen LogP contribution < -0.4 is 4.80 Å². The first-order valence-electron chi connectivity index (χ1n) is 7.36. The van der Waals surface area contributed by atoms with Crippen LogP contribution >= 0.6 is 22.9 Å². The molecule has 0 N–H and O–H groups in total. The zero-order chi connectivity index (χ0) is 18.2. The van der Waals surface area contributed by atoms with Gasteiger partial charge in [-0.1, -0.05) is 41.1 Å². The number of benzene rings is 2. The number of carbonyl (C=O) groups excluding carboxylic acids is 1. The van der Waals surface area contributed by atoms with Crippen molar-refractivity contribution in [2.24, 2.45) is 12.0 Å². The molecule has 130 valence electrons. The SMILES string of the molecule is Cn1c(=NC(=O)Cc2ccc(S(C)(=O)=O)cc2)sc2cccc(Cl)c21. The minimum absolute atomic E-state index is 0.103. The smallest absolute Gasteiger partial charge is 0.252 e. The molecule has 25 heavy (non-hydrogen) atoms. The lowest BCUT2D eigenvalue weighted by Gasteiger charge is -2.01. The number of nitrogens with zero attached hydrogens (tertiary/aromatic N) is 2. The summed E-state index contributed by atoms with van der Waals surface area (Å²) in [5.74, 6) is -0.301. The van der Waals surface area contributed by atoms with E-state index in [1.807, 2.05) is 19.2 Å². The second kappa shape index (κ2) is 6.74. The maximum absolute atomic E-state index is 12.3. The fourth-order valence-corrected chi connectivity index (χ4v) is 4.49. The average molecular weight is 395 g/mol. The van der Waals surface area contributed by atoms with E-state index in [0.29, 0.717) is 15.4 Å². The number of rotatable bonds is 3. The van der Waals surface area contributed by atoms with Gasteiger partial charge in [0, 0.05) is 13.3 Å². The highest BCUT2D eigenvalue weighted by atomic mass is 35.5. The summed E-state index contributed by atoms with van der Waals surface area (Å²) in [7, 11) is -1.43. The third-order valence-corrected chi connectivity index (χ3v) is 6.23. The molecule has 0 saturated carbocycles. The molecule has 1 amide bonds. The van der Waals surface area contributed by atoms with Crippen molar-refractivity contribution in [2.75, 3.05) is 6.26 Å². The summed E-state index contributed by atoms with van der Waals surface area (Å²) in [6, 6.07) is 11.8. The standard InChI is InChI=1S/C17H15ClN2O3S2/c1-20-16-13(18)4-3-5-14(16)24-17(20)19-15(21)10-11-6-8-12(9-7-11)25(2,22)23/h3-9H,10H2,1-2H3. The molecule has 3 aromatic rings. The normalized spacial score (nSPS) is 12.7. The van der Waals surface area contributed by atoms with Gasteiger partial charge in [-0.15, -0.1) is 0 Å². The largest absolute Gasteiger partial charge is 0.318 e. The Morgan fingerprint density at radius 3 is 2.48 bits per heavy atom. The van der Waals surface area contributed by atoms with Crippen LogP contribution in [0.15, 0.2) is 52.4 Å². The van der Waals surface area contributed by atoms with Crippen LogP contribution in [0.5, 0.6) is 0 Å². The molecule has 0 aliphatic rings. The highest BCUT2D eigenvalue weighted by molar-refractivity contribution is 7.90. The Morgan fingerprint density at radius 1 is 1.20 bits per heavy atom. The Kier molecular flexibility index (Phi) is 4.81. The third-order valence-electron chi connectivity index (χ3n) is 3.70. The summed E-state index contributed by atoms with van der Waals surface area (Å²) in [5.41, 5.74) is 1.56. The molecule has 2 aromatic carbocycles. The Morgan fingerprint density at radius 2 is 1.88 bits per heavy atom. The van der Waals surface area contributed by atoms with E-state index in [9.17, 15) is 13.2 Å². The van der Waals surface area contributed by atoms with Gasteiger partial charge in [-0.2, -0.15) is 4.99 Å². The molecule has 5 nitrogen and oxygen atoms in total. The number of fused-ring (bicyclic) bond motifs is 1. The summed E-state index contributed by atoms with van der Waals surface area (Å²) < 4.78 is 25.7. The van der Waals surface area contributed by atoms with E-state index in [-0.39, 0.29) is 17.2 Å². The van der Waals surface area contributed by atoms with Crippen LogP contribution in [0.25, 0.3) is 10.2 Å². The van der Waals surface area contributed by atoms with Gasteiger partial charge in [0.15, 0.2) is 14.6 Å². The number of aryl methyl sites for hydroxylation is 1. The lowest BCUT2D eigenvalue weighted by Crippen LogP contribution is -2.14. The van der Waals surface area contributed by atoms with Gasteiger partial charge in [-0.05, 0) is 29.8 Å². The number of carbonyl (C=O) groups is 1. The van der Waals surface area contributed by atoms with Crippen molar-refractivity contribution in [2.45, 2.75) is 11.3 Å². The fraction of sp³-hybridized carbons (Fsp3) is 0.176. The van der Waals surface area contributed by atoms with Crippen LogP contribution in [0.1, 0.15) is 5.56 Å². The van der Waals surface area contributed by atoms with Crippen LogP contribution in [-0.2, 0) is 28.1 Å². The predicted molar refractivity (Wildman–Crippen MR) is 99.6 cm³/mol. The van der Waals surface area contributed by atoms with Gasteiger partial charge in [0.25, 0.3) is 5.91 Å². The Labute approximate surface area is 154 Å². The molecule has 3 rings (SSSR count). The summed E-state index contributed by atoms with van der Waals surface area (Å²) in [6.07, 6.45) is 1.25. The fourth-order valence-electron chi connectivity index (χ4n) is 2.44. The third kappa shape index (κ3) is 3.84. The van der Waals surface area contributed by atoms with Crippen molar-refractivity contribution in [3.8, 4) is 0 Å². The van der Waals surface area contributed by atoms with Crippen molar-refractivity contribution in [3.05, 3.63) is 57.9 Å². The Hall–Kier alpha value is -1.96. The topological polar surface area (TPSA) is 68.5 Å². The van der Waals surface area contributed by atoms with Gasteiger partial charge < -0.3 is 4.57 Å². The van der Waals surface area contributed by atoms with Crippen molar-refractivity contribution in [1.29, 1.82) is 0 Å². The van der Waals surface area contributed by atoms with Gasteiger partial charge in [-0.25, -0.2) is 8.42 Å². The number of aromatic nitrogens is 1. The van der Waals surface area contributed by atoms with E-state index >= 15 is 0 Å². The molecule has 0 radical (unpaired) electrons. The summed E-state index contributed by atoms with van der Waals surface area (Å²) in [4.78, 5) is 17.2. The molecule has 0 fully saturated rings. The van der Waals surface area contributed by atoms with Crippen LogP contribution in [0, 0.1) is 0 Å². The molecular formula is C17H15ClN2O3S2. The number of para-hydroxylation sites is 1. The summed E-state index contributed by atoms with van der Waals surface area (Å²) in [5, 5.41) is 0.613. The van der Waals surface area contributed by atoms with E-state index < -0.39 is 9.84 Å². The molecule has 0 aliphatic heterocycles. The molecule has 1 aromatic heterocycles. The first-order chi connectivity index (χ1) is 11.8. The minimum Gasteiger partial charge on any atom is -0.318 e. The van der Waals surface area contributed by atoms with E-state index in [1.54, 1.807) is 22.8 Å². The second-order valence-electron chi connectivity index (χ2n) is 5.63. The number of thiazole rings is 1. The van der Waals surface area contributed by atoms with Crippen molar-refractivity contribution in [1.82, 2.24) is 4.57 Å². The van der Waals surface area contributed by atoms with Crippen LogP contribution in [-0.4, -0.2) is 25.1 Å². The van der Waals surface area contributed by atoms with E-state index in [1.165, 1.54) is 23.5 Å². The van der Waals surface area contributed by atoms with Gasteiger partial charge in [-0.3, -0.25) is 4.79 Å². The van der Waals surface area contributed by atoms with Crippen molar-refractivity contribution < 1.29 is 13.2 Å². The van der Waals surface area contributed by atoms with E-state index in [4.69, 9.17) is 11.6 Å². The molecular weight excluding hydrogens is 380 g/mol. The maximum Gasteiger partial charge on any atom is 0.252 e. The van der Waals surface area contributed by atoms with Crippen LogP contribution in [0.3, 0.4) is 0 Å². The summed E-state index contributed by atoms with van der Waals surface area (Å²) in [6.45, 7) is 0. The molecule has 0 saturated heterocycles. The maximum atomic E-state index is 12.3. The lowest BCUT2D eigenvalue weighted by molar-refractivity contribution is -0.117. The van der Waals surface area contributed by atoms with E-state index in [0.717, 1.165) is 16.5 Å². The van der Waals surface area contributed by atoms with Gasteiger partial charge in [0.05, 0.1) is 26.6 Å². The number of hydrogen-bond acceptors (Lipinski definition) is 4. The lowest BCUT2D eigenvalue weighted by atomic mass is 10.1. The van der Waals surface area contributed by atoms with E-state index in [2.05, 4.69) is 4.99 Å². The van der Waals surface area contributed by atoms with Crippen molar-refractivity contribution in [3.63, 3.8) is 0 Å². The number of halogens is 1. The van der Waals surface area contributed by atoms with Crippen LogP contribution in [0.4, 0.5) is 0 Å². The Bertz CT molecular complexity index is 1130. The molecule has 0 bridgehead atoms. The molecule has 0 atom stereocenters. The highest BCUT2D eigenvalue weighted by Crippen LogP contribution is 2.24. The first-order valence-corrected chi connectivity index (χ1v) is 10.4.